The van der Waals surface area contributed by atoms with E-state index in [1.54, 1.807) is 11.3 Å². The van der Waals surface area contributed by atoms with Crippen molar-refractivity contribution in [3.63, 3.8) is 0 Å². The van der Waals surface area contributed by atoms with E-state index in [9.17, 15) is 4.79 Å². The minimum atomic E-state index is 0.0814. The highest BCUT2D eigenvalue weighted by atomic mass is 32.2. The summed E-state index contributed by atoms with van der Waals surface area (Å²) >= 11 is 3.10. The molecule has 0 unspecified atom stereocenters. The summed E-state index contributed by atoms with van der Waals surface area (Å²) in [6.07, 6.45) is 2.21. The van der Waals surface area contributed by atoms with Crippen LogP contribution in [0.15, 0.2) is 46.8 Å². The number of benzene rings is 1. The molecule has 4 nitrogen and oxygen atoms in total. The highest BCUT2D eigenvalue weighted by Crippen LogP contribution is 2.30. The predicted molar refractivity (Wildman–Crippen MR) is 94.7 cm³/mol. The quantitative estimate of drug-likeness (QED) is 0.567. The summed E-state index contributed by atoms with van der Waals surface area (Å²) < 4.78 is 0. The van der Waals surface area contributed by atoms with E-state index in [0.717, 1.165) is 39.5 Å². The van der Waals surface area contributed by atoms with Gasteiger partial charge in [-0.05, 0) is 30.4 Å². The molecule has 1 amide bonds. The molecule has 0 saturated heterocycles. The van der Waals surface area contributed by atoms with Crippen LogP contribution in [0.5, 0.6) is 0 Å². The molecule has 1 fully saturated rings. The lowest BCUT2D eigenvalue weighted by molar-refractivity contribution is -0.118. The van der Waals surface area contributed by atoms with Gasteiger partial charge in [0.1, 0.15) is 5.03 Å². The highest BCUT2D eigenvalue weighted by Gasteiger charge is 2.23. The summed E-state index contributed by atoms with van der Waals surface area (Å²) in [6, 6.07) is 12.4. The summed E-state index contributed by atoms with van der Waals surface area (Å²) in [5.41, 5.74) is 0.913. The van der Waals surface area contributed by atoms with Crippen LogP contribution in [0.25, 0.3) is 21.6 Å². The molecule has 2 heterocycles. The Bertz CT molecular complexity index is 844. The van der Waals surface area contributed by atoms with Crippen LogP contribution in [0.2, 0.25) is 0 Å². The molecule has 23 heavy (non-hydrogen) atoms. The van der Waals surface area contributed by atoms with Gasteiger partial charge in [0.05, 0.1) is 16.1 Å². The SMILES string of the molecule is O=C(CSc1nc(-c2cccs2)nc2ccccc12)NC1CC1. The first-order chi connectivity index (χ1) is 11.3. The predicted octanol–water partition coefficient (Wildman–Crippen LogP) is 3.73. The molecule has 116 valence electrons. The van der Waals surface area contributed by atoms with E-state index in [0.29, 0.717) is 11.8 Å². The molecule has 1 aliphatic carbocycles. The Hall–Kier alpha value is -1.92. The topological polar surface area (TPSA) is 54.9 Å². The van der Waals surface area contributed by atoms with Crippen molar-refractivity contribution < 1.29 is 4.79 Å². The van der Waals surface area contributed by atoms with Crippen molar-refractivity contribution in [1.29, 1.82) is 0 Å². The van der Waals surface area contributed by atoms with E-state index in [1.165, 1.54) is 11.8 Å². The first-order valence-corrected chi connectivity index (χ1v) is 9.39. The Balaban J connectivity index is 1.64. The standard InChI is InChI=1S/C17H15N3OS2/c21-15(18-11-7-8-11)10-23-17-12-4-1-2-5-13(12)19-16(20-17)14-6-3-9-22-14/h1-6,9,11H,7-8,10H2,(H,18,21). The van der Waals surface area contributed by atoms with E-state index in [-0.39, 0.29) is 5.91 Å². The monoisotopic (exact) mass is 341 g/mol. The minimum absolute atomic E-state index is 0.0814. The lowest BCUT2D eigenvalue weighted by Crippen LogP contribution is -2.27. The van der Waals surface area contributed by atoms with Crippen molar-refractivity contribution in [2.24, 2.45) is 0 Å². The Morgan fingerprint density at radius 3 is 2.87 bits per heavy atom. The number of hydrogen-bond donors (Lipinski definition) is 1. The van der Waals surface area contributed by atoms with Crippen molar-refractivity contribution in [2.45, 2.75) is 23.9 Å². The maximum Gasteiger partial charge on any atom is 0.230 e. The van der Waals surface area contributed by atoms with Crippen molar-refractivity contribution in [1.82, 2.24) is 15.3 Å². The van der Waals surface area contributed by atoms with Gasteiger partial charge in [-0.15, -0.1) is 11.3 Å². The molecule has 6 heteroatoms. The highest BCUT2D eigenvalue weighted by molar-refractivity contribution is 8.00. The summed E-state index contributed by atoms with van der Waals surface area (Å²) in [4.78, 5) is 22.3. The first kappa shape index (κ1) is 14.7. The number of carbonyl (C=O) groups excluding carboxylic acids is 1. The van der Waals surface area contributed by atoms with Crippen molar-refractivity contribution in [2.75, 3.05) is 5.75 Å². The fourth-order valence-corrected chi connectivity index (χ4v) is 3.79. The van der Waals surface area contributed by atoms with E-state index >= 15 is 0 Å². The minimum Gasteiger partial charge on any atom is -0.353 e. The van der Waals surface area contributed by atoms with Crippen LogP contribution in [0.4, 0.5) is 0 Å². The summed E-state index contributed by atoms with van der Waals surface area (Å²) in [7, 11) is 0. The van der Waals surface area contributed by atoms with Crippen LogP contribution < -0.4 is 5.32 Å². The summed E-state index contributed by atoms with van der Waals surface area (Å²) in [6.45, 7) is 0. The van der Waals surface area contributed by atoms with E-state index in [4.69, 9.17) is 4.98 Å². The molecule has 3 aromatic rings. The van der Waals surface area contributed by atoms with E-state index in [1.807, 2.05) is 41.8 Å². The van der Waals surface area contributed by atoms with Crippen LogP contribution in [0.3, 0.4) is 0 Å². The number of rotatable bonds is 5. The lowest BCUT2D eigenvalue weighted by atomic mass is 10.2. The van der Waals surface area contributed by atoms with Gasteiger partial charge in [-0.2, -0.15) is 0 Å². The zero-order valence-electron chi connectivity index (χ0n) is 12.4. The lowest BCUT2D eigenvalue weighted by Gasteiger charge is -2.08. The maximum absolute atomic E-state index is 11.9. The molecule has 0 aliphatic heterocycles. The second-order valence-electron chi connectivity index (χ2n) is 5.48. The van der Waals surface area contributed by atoms with Crippen LogP contribution in [0.1, 0.15) is 12.8 Å². The van der Waals surface area contributed by atoms with Crippen LogP contribution in [-0.4, -0.2) is 27.7 Å². The smallest absolute Gasteiger partial charge is 0.230 e. The van der Waals surface area contributed by atoms with Gasteiger partial charge in [0.25, 0.3) is 0 Å². The summed E-state index contributed by atoms with van der Waals surface area (Å²) in [5.74, 6) is 1.20. The fraction of sp³-hybridized carbons (Fsp3) is 0.235. The van der Waals surface area contributed by atoms with Gasteiger partial charge in [-0.3, -0.25) is 4.79 Å². The zero-order valence-corrected chi connectivity index (χ0v) is 14.0. The third-order valence-electron chi connectivity index (χ3n) is 3.59. The van der Waals surface area contributed by atoms with Crippen molar-refractivity contribution in [3.05, 3.63) is 41.8 Å². The zero-order chi connectivity index (χ0) is 15.6. The van der Waals surface area contributed by atoms with Crippen molar-refractivity contribution in [3.8, 4) is 10.7 Å². The number of fused-ring (bicyclic) bond motifs is 1. The number of thiophene rings is 1. The number of aromatic nitrogens is 2. The number of carbonyl (C=O) groups is 1. The molecule has 1 aliphatic rings. The Kier molecular flexibility index (Phi) is 4.01. The largest absolute Gasteiger partial charge is 0.353 e. The number of nitrogens with zero attached hydrogens (tertiary/aromatic N) is 2. The van der Waals surface area contributed by atoms with Gasteiger partial charge >= 0.3 is 0 Å². The second-order valence-corrected chi connectivity index (χ2v) is 7.39. The number of nitrogens with one attached hydrogen (secondary N) is 1. The molecular weight excluding hydrogens is 326 g/mol. The third-order valence-corrected chi connectivity index (χ3v) is 5.45. The average molecular weight is 341 g/mol. The van der Waals surface area contributed by atoms with Gasteiger partial charge in [0, 0.05) is 11.4 Å². The number of para-hydroxylation sites is 1. The van der Waals surface area contributed by atoms with Gasteiger partial charge in [-0.1, -0.05) is 36.0 Å². The first-order valence-electron chi connectivity index (χ1n) is 7.52. The maximum atomic E-state index is 11.9. The molecule has 0 atom stereocenters. The van der Waals surface area contributed by atoms with Crippen LogP contribution >= 0.6 is 23.1 Å². The van der Waals surface area contributed by atoms with Crippen LogP contribution in [-0.2, 0) is 4.79 Å². The molecule has 1 saturated carbocycles. The molecule has 0 bridgehead atoms. The molecule has 4 rings (SSSR count). The molecule has 2 aromatic heterocycles. The Morgan fingerprint density at radius 2 is 2.09 bits per heavy atom. The van der Waals surface area contributed by atoms with Crippen LogP contribution in [0, 0.1) is 0 Å². The van der Waals surface area contributed by atoms with Gasteiger partial charge in [0.2, 0.25) is 5.91 Å². The van der Waals surface area contributed by atoms with Gasteiger partial charge in [-0.25, -0.2) is 9.97 Å². The third kappa shape index (κ3) is 3.38. The average Bonchev–Trinajstić information content (AvgIpc) is 3.21. The van der Waals surface area contributed by atoms with E-state index < -0.39 is 0 Å². The Labute approximate surface area is 142 Å². The van der Waals surface area contributed by atoms with Gasteiger partial charge in [0.15, 0.2) is 5.82 Å². The molecule has 0 radical (unpaired) electrons. The molecular formula is C17H15N3OS2. The number of hydrogen-bond acceptors (Lipinski definition) is 5. The molecule has 0 spiro atoms. The second kappa shape index (κ2) is 6.29. The number of amides is 1. The van der Waals surface area contributed by atoms with E-state index in [2.05, 4.69) is 10.3 Å². The fourth-order valence-electron chi connectivity index (χ4n) is 2.30. The van der Waals surface area contributed by atoms with Crippen molar-refractivity contribution >= 4 is 39.9 Å². The number of thioether (sulfide) groups is 1. The molecule has 1 aromatic carbocycles. The molecule has 1 N–H and O–H groups in total. The normalized spacial score (nSPS) is 14.1. The summed E-state index contributed by atoms with van der Waals surface area (Å²) in [5, 5.41) is 6.89. The van der Waals surface area contributed by atoms with Gasteiger partial charge < -0.3 is 5.32 Å². The Morgan fingerprint density at radius 1 is 1.22 bits per heavy atom.